The van der Waals surface area contributed by atoms with Gasteiger partial charge in [-0.25, -0.2) is 0 Å². The molecular weight excluding hydrogens is 292 g/mol. The van der Waals surface area contributed by atoms with Gasteiger partial charge in [0.2, 0.25) is 0 Å². The molecule has 23 heavy (non-hydrogen) atoms. The van der Waals surface area contributed by atoms with E-state index in [-0.39, 0.29) is 23.9 Å². The lowest BCUT2D eigenvalue weighted by atomic mass is 10.1. The van der Waals surface area contributed by atoms with Crippen molar-refractivity contribution in [3.8, 4) is 5.75 Å². The Hall–Kier alpha value is -1.59. The molecule has 2 rings (SSSR count). The minimum absolute atomic E-state index is 0.100. The zero-order chi connectivity index (χ0) is 16.8. The summed E-state index contributed by atoms with van der Waals surface area (Å²) in [6, 6.07) is 5.31. The molecule has 0 spiro atoms. The number of ether oxygens (including phenoxy) is 1. The molecule has 0 radical (unpaired) electrons. The molecule has 0 saturated carbocycles. The maximum atomic E-state index is 12.2. The Bertz CT molecular complexity index is 523. The van der Waals surface area contributed by atoms with Crippen molar-refractivity contribution in [2.45, 2.75) is 45.8 Å². The molecule has 1 aromatic rings. The van der Waals surface area contributed by atoms with Gasteiger partial charge in [-0.2, -0.15) is 0 Å². The molecule has 1 aromatic carbocycles. The van der Waals surface area contributed by atoms with Crippen LogP contribution in [0.25, 0.3) is 0 Å². The van der Waals surface area contributed by atoms with Gasteiger partial charge in [-0.3, -0.25) is 9.69 Å². The van der Waals surface area contributed by atoms with Crippen molar-refractivity contribution in [3.05, 3.63) is 29.3 Å². The molecule has 1 aliphatic rings. The van der Waals surface area contributed by atoms with Crippen molar-refractivity contribution in [1.29, 1.82) is 0 Å². The number of hydrogen-bond acceptors (Lipinski definition) is 4. The van der Waals surface area contributed by atoms with Gasteiger partial charge in [-0.1, -0.05) is 19.1 Å². The number of aryl methyl sites for hydroxylation is 1. The maximum absolute atomic E-state index is 12.2. The number of phenolic OH excluding ortho intramolecular Hbond substituents is 1. The average Bonchev–Trinajstić information content (AvgIpc) is 2.50. The van der Waals surface area contributed by atoms with Gasteiger partial charge in [0.25, 0.3) is 5.91 Å². The van der Waals surface area contributed by atoms with Crippen LogP contribution >= 0.6 is 0 Å². The number of morpholine rings is 1. The Morgan fingerprint density at radius 2 is 2.04 bits per heavy atom. The van der Waals surface area contributed by atoms with Crippen molar-refractivity contribution in [3.63, 3.8) is 0 Å². The molecule has 128 valence electrons. The summed E-state index contributed by atoms with van der Waals surface area (Å²) in [4.78, 5) is 14.6. The molecule has 1 saturated heterocycles. The zero-order valence-electron chi connectivity index (χ0n) is 14.3. The van der Waals surface area contributed by atoms with Crippen LogP contribution in [0.15, 0.2) is 18.2 Å². The van der Waals surface area contributed by atoms with Crippen molar-refractivity contribution in [2.24, 2.45) is 0 Å². The average molecular weight is 320 g/mol. The number of benzene rings is 1. The van der Waals surface area contributed by atoms with Crippen LogP contribution in [0.2, 0.25) is 0 Å². The third-order valence-corrected chi connectivity index (χ3v) is 4.18. The van der Waals surface area contributed by atoms with E-state index in [9.17, 15) is 9.90 Å². The van der Waals surface area contributed by atoms with Gasteiger partial charge in [-0.15, -0.1) is 0 Å². The molecule has 1 amide bonds. The fraction of sp³-hybridized carbons (Fsp3) is 0.611. The van der Waals surface area contributed by atoms with Crippen LogP contribution in [-0.4, -0.2) is 54.3 Å². The van der Waals surface area contributed by atoms with Gasteiger partial charge in [0.15, 0.2) is 0 Å². The Morgan fingerprint density at radius 3 is 2.70 bits per heavy atom. The first kappa shape index (κ1) is 17.8. The molecule has 2 N–H and O–H groups in total. The predicted molar refractivity (Wildman–Crippen MR) is 90.9 cm³/mol. The number of hydrogen-bond donors (Lipinski definition) is 2. The Labute approximate surface area is 138 Å². The van der Waals surface area contributed by atoms with Gasteiger partial charge < -0.3 is 15.2 Å². The highest BCUT2D eigenvalue weighted by atomic mass is 16.5. The van der Waals surface area contributed by atoms with E-state index in [1.807, 2.05) is 19.1 Å². The van der Waals surface area contributed by atoms with Gasteiger partial charge in [0.05, 0.1) is 17.8 Å². The summed E-state index contributed by atoms with van der Waals surface area (Å²) >= 11 is 0. The second-order valence-electron chi connectivity index (χ2n) is 6.29. The minimum atomic E-state index is -0.207. The van der Waals surface area contributed by atoms with E-state index in [4.69, 9.17) is 4.74 Å². The summed E-state index contributed by atoms with van der Waals surface area (Å²) in [7, 11) is 0. The number of aromatic hydroxyl groups is 1. The zero-order valence-corrected chi connectivity index (χ0v) is 14.3. The number of carbonyl (C=O) groups is 1. The molecule has 0 bridgehead atoms. The van der Waals surface area contributed by atoms with Crippen LogP contribution in [-0.2, 0) is 11.2 Å². The lowest BCUT2D eigenvalue weighted by Gasteiger charge is -2.35. The SMILES string of the molecule is CCc1cccc(C(=O)NCCCN2C[C@@H](C)O[C@H](C)C2)c1O. The van der Waals surface area contributed by atoms with E-state index in [2.05, 4.69) is 24.1 Å². The molecule has 1 fully saturated rings. The highest BCUT2D eigenvalue weighted by Crippen LogP contribution is 2.22. The fourth-order valence-electron chi connectivity index (χ4n) is 3.13. The Kier molecular flexibility index (Phi) is 6.42. The van der Waals surface area contributed by atoms with Crippen LogP contribution < -0.4 is 5.32 Å². The van der Waals surface area contributed by atoms with E-state index < -0.39 is 0 Å². The largest absolute Gasteiger partial charge is 0.507 e. The number of nitrogens with one attached hydrogen (secondary N) is 1. The first-order chi connectivity index (χ1) is 11.0. The number of rotatable bonds is 6. The lowest BCUT2D eigenvalue weighted by Crippen LogP contribution is -2.46. The fourth-order valence-corrected chi connectivity index (χ4v) is 3.13. The number of phenols is 1. The van der Waals surface area contributed by atoms with Gasteiger partial charge in [0.1, 0.15) is 5.75 Å². The summed E-state index contributed by atoms with van der Waals surface area (Å²) in [5.74, 6) is -0.107. The standard InChI is InChI=1S/C18H28N2O3/c1-4-15-7-5-8-16(17(15)21)18(22)19-9-6-10-20-11-13(2)23-14(3)12-20/h5,7-8,13-14,21H,4,6,9-12H2,1-3H3,(H,19,22)/t13-,14-/m1/s1. The van der Waals surface area contributed by atoms with Crippen LogP contribution in [0.5, 0.6) is 5.75 Å². The quantitative estimate of drug-likeness (QED) is 0.789. The Morgan fingerprint density at radius 1 is 1.35 bits per heavy atom. The minimum Gasteiger partial charge on any atom is -0.507 e. The van der Waals surface area contributed by atoms with Gasteiger partial charge in [-0.05, 0) is 38.3 Å². The monoisotopic (exact) mass is 320 g/mol. The smallest absolute Gasteiger partial charge is 0.255 e. The normalized spacial score (nSPS) is 22.0. The number of para-hydroxylation sites is 1. The topological polar surface area (TPSA) is 61.8 Å². The van der Waals surface area contributed by atoms with Crippen molar-refractivity contribution in [1.82, 2.24) is 10.2 Å². The van der Waals surface area contributed by atoms with Crippen LogP contribution in [0, 0.1) is 0 Å². The molecule has 0 unspecified atom stereocenters. The van der Waals surface area contributed by atoms with E-state index in [0.717, 1.165) is 31.6 Å². The molecule has 0 aliphatic carbocycles. The van der Waals surface area contributed by atoms with Crippen molar-refractivity contribution in [2.75, 3.05) is 26.2 Å². The molecule has 2 atom stereocenters. The van der Waals surface area contributed by atoms with Crippen molar-refractivity contribution < 1.29 is 14.6 Å². The van der Waals surface area contributed by atoms with E-state index in [1.54, 1.807) is 6.07 Å². The first-order valence-corrected chi connectivity index (χ1v) is 8.48. The first-order valence-electron chi connectivity index (χ1n) is 8.48. The lowest BCUT2D eigenvalue weighted by molar-refractivity contribution is -0.0680. The second kappa shape index (κ2) is 8.31. The Balaban J connectivity index is 1.77. The summed E-state index contributed by atoms with van der Waals surface area (Å²) in [5.41, 5.74) is 1.16. The summed E-state index contributed by atoms with van der Waals surface area (Å²) in [6.07, 6.45) is 2.13. The molecule has 0 aromatic heterocycles. The van der Waals surface area contributed by atoms with E-state index >= 15 is 0 Å². The predicted octanol–water partition coefficient (Wildman–Crippen LogP) is 2.18. The molecular formula is C18H28N2O3. The molecule has 5 heteroatoms. The van der Waals surface area contributed by atoms with Crippen LogP contribution in [0.4, 0.5) is 0 Å². The number of nitrogens with zero attached hydrogens (tertiary/aromatic N) is 1. The van der Waals surface area contributed by atoms with E-state index in [0.29, 0.717) is 18.5 Å². The summed E-state index contributed by atoms with van der Waals surface area (Å²) in [6.45, 7) is 9.58. The highest BCUT2D eigenvalue weighted by Gasteiger charge is 2.21. The maximum Gasteiger partial charge on any atom is 0.255 e. The second-order valence-corrected chi connectivity index (χ2v) is 6.29. The van der Waals surface area contributed by atoms with E-state index in [1.165, 1.54) is 0 Å². The molecule has 5 nitrogen and oxygen atoms in total. The molecule has 1 heterocycles. The number of carbonyl (C=O) groups excluding carboxylic acids is 1. The molecule has 1 aliphatic heterocycles. The van der Waals surface area contributed by atoms with Gasteiger partial charge >= 0.3 is 0 Å². The third-order valence-electron chi connectivity index (χ3n) is 4.18. The van der Waals surface area contributed by atoms with Crippen LogP contribution in [0.1, 0.15) is 43.1 Å². The third kappa shape index (κ3) is 4.94. The summed E-state index contributed by atoms with van der Waals surface area (Å²) < 4.78 is 5.71. The summed E-state index contributed by atoms with van der Waals surface area (Å²) in [5, 5.41) is 13.0. The van der Waals surface area contributed by atoms with Crippen molar-refractivity contribution >= 4 is 5.91 Å². The van der Waals surface area contributed by atoms with Gasteiger partial charge in [0, 0.05) is 26.2 Å². The highest BCUT2D eigenvalue weighted by molar-refractivity contribution is 5.97. The van der Waals surface area contributed by atoms with Crippen LogP contribution in [0.3, 0.4) is 0 Å². The number of amides is 1.